The third-order valence-electron chi connectivity index (χ3n) is 5.30. The van der Waals surface area contributed by atoms with Crippen molar-refractivity contribution in [1.29, 1.82) is 0 Å². The predicted molar refractivity (Wildman–Crippen MR) is 103 cm³/mol. The van der Waals surface area contributed by atoms with Crippen LogP contribution in [-0.2, 0) is 16.4 Å². The standard InChI is InChI=1S/C19H22N2O3S2/c1-14-6-9-20(10-7-14)26(23,24)16-12-18(25-13-16)19(22)21-11-8-15-4-2-3-5-17(15)21/h2-5,12-14H,6-11H2,1H3. The van der Waals surface area contributed by atoms with Gasteiger partial charge in [-0.15, -0.1) is 11.3 Å². The highest BCUT2D eigenvalue weighted by Gasteiger charge is 2.31. The number of rotatable bonds is 3. The Labute approximate surface area is 158 Å². The second-order valence-corrected chi connectivity index (χ2v) is 9.92. The van der Waals surface area contributed by atoms with Gasteiger partial charge < -0.3 is 4.90 Å². The number of fused-ring (bicyclic) bond motifs is 1. The van der Waals surface area contributed by atoms with E-state index in [0.717, 1.165) is 30.5 Å². The van der Waals surface area contributed by atoms with Gasteiger partial charge in [0, 0.05) is 30.7 Å². The summed E-state index contributed by atoms with van der Waals surface area (Å²) < 4.78 is 27.3. The lowest BCUT2D eigenvalue weighted by Gasteiger charge is -2.29. The molecule has 1 aromatic carbocycles. The van der Waals surface area contributed by atoms with Crippen molar-refractivity contribution in [3.8, 4) is 0 Å². The molecule has 4 rings (SSSR count). The van der Waals surface area contributed by atoms with E-state index in [0.29, 0.717) is 30.4 Å². The predicted octanol–water partition coefficient (Wildman–Crippen LogP) is 3.37. The van der Waals surface area contributed by atoms with Crippen molar-refractivity contribution >= 4 is 33.0 Å². The van der Waals surface area contributed by atoms with Crippen molar-refractivity contribution in [3.05, 3.63) is 46.2 Å². The minimum atomic E-state index is -3.51. The first-order chi connectivity index (χ1) is 12.5. The zero-order chi connectivity index (χ0) is 18.3. The monoisotopic (exact) mass is 390 g/mol. The van der Waals surface area contributed by atoms with Crippen LogP contribution in [-0.4, -0.2) is 38.3 Å². The molecule has 0 spiro atoms. The molecule has 2 aliphatic heterocycles. The fourth-order valence-electron chi connectivity index (χ4n) is 3.62. The van der Waals surface area contributed by atoms with E-state index >= 15 is 0 Å². The summed E-state index contributed by atoms with van der Waals surface area (Å²) in [6.07, 6.45) is 2.61. The Bertz CT molecular complexity index is 928. The zero-order valence-corrected chi connectivity index (χ0v) is 16.4. The Morgan fingerprint density at radius 1 is 1.15 bits per heavy atom. The van der Waals surface area contributed by atoms with Crippen LogP contribution >= 0.6 is 11.3 Å². The van der Waals surface area contributed by atoms with Gasteiger partial charge in [-0.2, -0.15) is 4.31 Å². The van der Waals surface area contributed by atoms with E-state index in [2.05, 4.69) is 6.92 Å². The molecule has 0 radical (unpaired) electrons. The zero-order valence-electron chi connectivity index (χ0n) is 14.7. The molecule has 0 saturated carbocycles. The average Bonchev–Trinajstić information content (AvgIpc) is 3.29. The number of carbonyl (C=O) groups is 1. The SMILES string of the molecule is CC1CCN(S(=O)(=O)c2csc(C(=O)N3CCc4ccccc43)c2)CC1. The number of thiophene rings is 1. The van der Waals surface area contributed by atoms with Gasteiger partial charge in [0.05, 0.1) is 9.77 Å². The molecule has 1 aromatic heterocycles. The second-order valence-electron chi connectivity index (χ2n) is 7.07. The number of piperidine rings is 1. The number of nitrogens with zero attached hydrogens (tertiary/aromatic N) is 2. The van der Waals surface area contributed by atoms with Crippen molar-refractivity contribution < 1.29 is 13.2 Å². The maximum atomic E-state index is 12.9. The quantitative estimate of drug-likeness (QED) is 0.807. The van der Waals surface area contributed by atoms with Crippen LogP contribution in [0.1, 0.15) is 35.0 Å². The Kier molecular flexibility index (Phi) is 4.62. The van der Waals surface area contributed by atoms with Crippen LogP contribution < -0.4 is 4.90 Å². The van der Waals surface area contributed by atoms with Gasteiger partial charge in [0.1, 0.15) is 0 Å². The third kappa shape index (κ3) is 3.08. The number of benzene rings is 1. The van der Waals surface area contributed by atoms with Gasteiger partial charge in [0.2, 0.25) is 10.0 Å². The summed E-state index contributed by atoms with van der Waals surface area (Å²) in [7, 11) is -3.51. The minimum Gasteiger partial charge on any atom is -0.307 e. The first kappa shape index (κ1) is 17.7. The Morgan fingerprint density at radius 3 is 2.65 bits per heavy atom. The summed E-state index contributed by atoms with van der Waals surface area (Å²) in [5, 5.41) is 1.60. The number of amides is 1. The molecule has 2 aromatic rings. The molecule has 1 fully saturated rings. The molecular formula is C19H22N2O3S2. The van der Waals surface area contributed by atoms with Crippen LogP contribution in [0.25, 0.3) is 0 Å². The summed E-state index contributed by atoms with van der Waals surface area (Å²) in [5.41, 5.74) is 2.09. The summed E-state index contributed by atoms with van der Waals surface area (Å²) in [6.45, 7) is 3.91. The second kappa shape index (κ2) is 6.79. The van der Waals surface area contributed by atoms with E-state index in [-0.39, 0.29) is 10.8 Å². The lowest BCUT2D eigenvalue weighted by Crippen LogP contribution is -2.37. The van der Waals surface area contributed by atoms with E-state index in [1.807, 2.05) is 24.3 Å². The van der Waals surface area contributed by atoms with E-state index in [1.165, 1.54) is 11.3 Å². The van der Waals surface area contributed by atoms with Gasteiger partial charge in [0.15, 0.2) is 0 Å². The van der Waals surface area contributed by atoms with Crippen LogP contribution in [0.2, 0.25) is 0 Å². The van der Waals surface area contributed by atoms with Gasteiger partial charge >= 0.3 is 0 Å². The number of hydrogen-bond donors (Lipinski definition) is 0. The number of hydrogen-bond acceptors (Lipinski definition) is 4. The number of carbonyl (C=O) groups excluding carboxylic acids is 1. The Hall–Kier alpha value is -1.70. The Balaban J connectivity index is 1.56. The first-order valence-corrected chi connectivity index (χ1v) is 11.3. The van der Waals surface area contributed by atoms with Gasteiger partial charge in [-0.3, -0.25) is 4.79 Å². The normalized spacial score (nSPS) is 18.9. The molecule has 3 heterocycles. The maximum absolute atomic E-state index is 12.9. The molecule has 1 saturated heterocycles. The fourth-order valence-corrected chi connectivity index (χ4v) is 6.30. The van der Waals surface area contributed by atoms with Gasteiger partial charge in [-0.05, 0) is 42.9 Å². The number of sulfonamides is 1. The minimum absolute atomic E-state index is 0.117. The van der Waals surface area contributed by atoms with Crippen LogP contribution in [0.4, 0.5) is 5.69 Å². The third-order valence-corrected chi connectivity index (χ3v) is 8.24. The van der Waals surface area contributed by atoms with E-state index < -0.39 is 10.0 Å². The van der Waals surface area contributed by atoms with Crippen molar-refractivity contribution in [2.75, 3.05) is 24.5 Å². The van der Waals surface area contributed by atoms with Crippen LogP contribution in [0.3, 0.4) is 0 Å². The summed E-state index contributed by atoms with van der Waals surface area (Å²) >= 11 is 1.21. The molecular weight excluding hydrogens is 368 g/mol. The van der Waals surface area contributed by atoms with Crippen molar-refractivity contribution in [2.45, 2.75) is 31.1 Å². The molecule has 5 nitrogen and oxygen atoms in total. The van der Waals surface area contributed by atoms with Crippen molar-refractivity contribution in [3.63, 3.8) is 0 Å². The molecule has 0 N–H and O–H groups in total. The summed E-state index contributed by atoms with van der Waals surface area (Å²) in [6, 6.07) is 9.42. The van der Waals surface area contributed by atoms with Crippen molar-refractivity contribution in [2.24, 2.45) is 5.92 Å². The first-order valence-electron chi connectivity index (χ1n) is 8.95. The molecule has 0 atom stereocenters. The molecule has 0 bridgehead atoms. The highest BCUT2D eigenvalue weighted by molar-refractivity contribution is 7.89. The molecule has 1 amide bonds. The Morgan fingerprint density at radius 2 is 1.88 bits per heavy atom. The molecule has 0 aliphatic carbocycles. The van der Waals surface area contributed by atoms with Crippen LogP contribution in [0.15, 0.2) is 40.6 Å². The highest BCUT2D eigenvalue weighted by Crippen LogP contribution is 2.32. The average molecular weight is 391 g/mol. The van der Waals surface area contributed by atoms with Gasteiger partial charge in [0.25, 0.3) is 5.91 Å². The largest absolute Gasteiger partial charge is 0.307 e. The lowest BCUT2D eigenvalue weighted by molar-refractivity contribution is 0.0993. The summed E-state index contributed by atoms with van der Waals surface area (Å²) in [4.78, 5) is 15.4. The van der Waals surface area contributed by atoms with E-state index in [1.54, 1.807) is 20.7 Å². The van der Waals surface area contributed by atoms with Gasteiger partial charge in [-0.1, -0.05) is 25.1 Å². The number of para-hydroxylation sites is 1. The molecule has 7 heteroatoms. The maximum Gasteiger partial charge on any atom is 0.268 e. The van der Waals surface area contributed by atoms with Gasteiger partial charge in [-0.25, -0.2) is 8.42 Å². The van der Waals surface area contributed by atoms with Crippen LogP contribution in [0, 0.1) is 5.92 Å². The van der Waals surface area contributed by atoms with E-state index in [4.69, 9.17) is 0 Å². The smallest absolute Gasteiger partial charge is 0.268 e. The highest BCUT2D eigenvalue weighted by atomic mass is 32.2. The fraction of sp³-hybridized carbons (Fsp3) is 0.421. The van der Waals surface area contributed by atoms with Crippen molar-refractivity contribution in [1.82, 2.24) is 4.31 Å². The molecule has 2 aliphatic rings. The molecule has 26 heavy (non-hydrogen) atoms. The molecule has 138 valence electrons. The van der Waals surface area contributed by atoms with E-state index in [9.17, 15) is 13.2 Å². The lowest BCUT2D eigenvalue weighted by atomic mass is 10.0. The number of anilines is 1. The van der Waals surface area contributed by atoms with Crippen LogP contribution in [0.5, 0.6) is 0 Å². The summed E-state index contributed by atoms with van der Waals surface area (Å²) in [5.74, 6) is 0.449. The molecule has 0 unspecified atom stereocenters. The topological polar surface area (TPSA) is 57.7 Å².